The van der Waals surface area contributed by atoms with Gasteiger partial charge in [0.2, 0.25) is 11.8 Å². The van der Waals surface area contributed by atoms with Gasteiger partial charge in [-0.1, -0.05) is 42.5 Å². The van der Waals surface area contributed by atoms with Crippen LogP contribution in [0.25, 0.3) is 11.3 Å². The molecule has 0 saturated carbocycles. The minimum absolute atomic E-state index is 0.0403. The lowest BCUT2D eigenvalue weighted by atomic mass is 10.1. The van der Waals surface area contributed by atoms with Crippen LogP contribution in [0.1, 0.15) is 39.0 Å². The van der Waals surface area contributed by atoms with E-state index in [2.05, 4.69) is 22.6 Å². The number of amides is 4. The normalized spacial score (nSPS) is 14.4. The molecule has 5 rings (SSSR count). The summed E-state index contributed by atoms with van der Waals surface area (Å²) in [5, 5.41) is 11.8. The van der Waals surface area contributed by atoms with Crippen LogP contribution in [-0.2, 0) is 92.2 Å². The van der Waals surface area contributed by atoms with Crippen molar-refractivity contribution in [1.82, 2.24) is 20.1 Å². The molecule has 2 aliphatic rings. The van der Waals surface area contributed by atoms with Crippen molar-refractivity contribution in [3.05, 3.63) is 60.8 Å². The molecule has 2 fully saturated rings. The van der Waals surface area contributed by atoms with Crippen LogP contribution in [0.15, 0.2) is 60.8 Å². The number of nitrogens with zero attached hydrogens (tertiary/aromatic N) is 5. The maximum absolute atomic E-state index is 12.8. The molecular formula is C52H78N6O18. The molecule has 24 heteroatoms. The fourth-order valence-electron chi connectivity index (χ4n) is 6.84. The van der Waals surface area contributed by atoms with Gasteiger partial charge in [0.15, 0.2) is 0 Å². The van der Waals surface area contributed by atoms with Crippen molar-refractivity contribution in [2.75, 3.05) is 176 Å². The lowest BCUT2D eigenvalue weighted by Gasteiger charge is -2.16. The number of anilines is 2. The van der Waals surface area contributed by atoms with E-state index < -0.39 is 23.7 Å². The highest BCUT2D eigenvalue weighted by molar-refractivity contribution is 6.03. The van der Waals surface area contributed by atoms with E-state index in [0.29, 0.717) is 163 Å². The molecular weight excluding hydrogens is 997 g/mol. The van der Waals surface area contributed by atoms with Gasteiger partial charge < -0.3 is 71.9 Å². The highest BCUT2D eigenvalue weighted by Gasteiger charge is 2.35. The van der Waals surface area contributed by atoms with Crippen molar-refractivity contribution in [2.24, 2.45) is 5.92 Å². The molecule has 1 unspecified atom stereocenters. The monoisotopic (exact) mass is 1070 g/mol. The first-order valence-electron chi connectivity index (χ1n) is 25.9. The van der Waals surface area contributed by atoms with Crippen molar-refractivity contribution < 1.29 is 85.7 Å². The summed E-state index contributed by atoms with van der Waals surface area (Å²) in [5.74, 6) is -2.30. The summed E-state index contributed by atoms with van der Waals surface area (Å²) in [6.45, 7) is 14.2. The summed E-state index contributed by atoms with van der Waals surface area (Å²) >= 11 is 0. The third-order valence-corrected chi connectivity index (χ3v) is 10.8. The first kappa shape index (κ1) is 63.2. The average Bonchev–Trinajstić information content (AvgIpc) is 4.16. The van der Waals surface area contributed by atoms with Crippen molar-refractivity contribution in [3.63, 3.8) is 0 Å². The summed E-state index contributed by atoms with van der Waals surface area (Å²) < 4.78 is 65.9. The maximum Gasteiger partial charge on any atom is 0.335 e. The Balaban J connectivity index is 0.000000328. The number of hydrogen-bond acceptors (Lipinski definition) is 20. The molecule has 76 heavy (non-hydrogen) atoms. The van der Waals surface area contributed by atoms with Gasteiger partial charge in [0.25, 0.3) is 11.8 Å². The van der Waals surface area contributed by atoms with Crippen molar-refractivity contribution >= 4 is 41.0 Å². The Morgan fingerprint density at radius 2 is 1.03 bits per heavy atom. The predicted octanol–water partition coefficient (Wildman–Crippen LogP) is 3.16. The number of imide groups is 1. The average molecular weight is 1080 g/mol. The third-order valence-electron chi connectivity index (χ3n) is 10.8. The zero-order valence-corrected chi connectivity index (χ0v) is 44.1. The summed E-state index contributed by atoms with van der Waals surface area (Å²) in [7, 11) is 1.63. The molecule has 1 aromatic heterocycles. The third kappa shape index (κ3) is 27.6. The molecule has 2 saturated heterocycles. The van der Waals surface area contributed by atoms with Crippen molar-refractivity contribution in [3.8, 4) is 11.3 Å². The molecule has 3 heterocycles. The molecule has 24 nitrogen and oxygen atoms in total. The number of hydrogen-bond donors (Lipinski definition) is 1. The molecule has 3 aromatic rings. The molecule has 4 amide bonds. The van der Waals surface area contributed by atoms with Gasteiger partial charge in [-0.25, -0.2) is 9.48 Å². The van der Waals surface area contributed by atoms with E-state index in [1.165, 1.54) is 0 Å². The number of carbonyl (C=O) groups is 5. The van der Waals surface area contributed by atoms with Crippen LogP contribution in [0.4, 0.5) is 11.4 Å². The van der Waals surface area contributed by atoms with Gasteiger partial charge in [-0.2, -0.15) is 0 Å². The number of nitrogens with one attached hydrogen (secondary N) is 1. The van der Waals surface area contributed by atoms with E-state index in [0.717, 1.165) is 30.0 Å². The summed E-state index contributed by atoms with van der Waals surface area (Å²) in [5.41, 5.74) is 3.11. The van der Waals surface area contributed by atoms with Crippen LogP contribution in [0.2, 0.25) is 0 Å². The molecule has 2 aliphatic heterocycles. The topological polar surface area (TPSA) is 255 Å². The summed E-state index contributed by atoms with van der Waals surface area (Å²) in [6.07, 6.45) is 3.13. The molecule has 1 N–H and O–H groups in total. The second-order valence-electron chi connectivity index (χ2n) is 16.7. The van der Waals surface area contributed by atoms with Crippen LogP contribution in [0, 0.1) is 5.92 Å². The Morgan fingerprint density at radius 1 is 0.566 bits per heavy atom. The predicted molar refractivity (Wildman–Crippen MR) is 274 cm³/mol. The number of benzene rings is 2. The van der Waals surface area contributed by atoms with Gasteiger partial charge in [0.05, 0.1) is 170 Å². The largest absolute Gasteiger partial charge is 0.382 e. The molecule has 0 bridgehead atoms. The number of ether oxygens (including phenoxy) is 12. The van der Waals surface area contributed by atoms with Gasteiger partial charge in [-0.05, 0) is 30.7 Å². The Kier molecular flexibility index (Phi) is 34.0. The summed E-state index contributed by atoms with van der Waals surface area (Å²) in [4.78, 5) is 65.9. The first-order chi connectivity index (χ1) is 37.3. The summed E-state index contributed by atoms with van der Waals surface area (Å²) in [6, 6.07) is 16.9. The Morgan fingerprint density at radius 3 is 1.51 bits per heavy atom. The standard InChI is InChI=1S/C28H35N5O5.C24H43NO13/c1-2-13-36-15-17-38-18-16-37-14-12-32-21-26(30-31-32)22-8-10-24(11-9-22)29-28(35)23-19-27(34)33(20-23)25-6-4-3-5-7-25;1-29-6-7-31-10-11-33-14-15-35-18-19-37-21-20-36-17-16-34-13-12-32-9-8-30-5-4-24(28)38-25-22(26)2-3-23(25)27/h3-11,21,23H,2,12-20H2,1H3,(H,29,35);2-21H2,1H3. The SMILES string of the molecule is CCCOCCOCCOCCn1cc(-c2ccc(NC(=O)C3CC(=O)N(c4ccccc4)C3)cc2)nn1.COCCOCCOCCOCCOCCOCCOCCOCCOCCC(=O)ON1C(=O)CCC1=O. The number of carbonyl (C=O) groups excluding carboxylic acids is 5. The van der Waals surface area contributed by atoms with Crippen LogP contribution >= 0.6 is 0 Å². The highest BCUT2D eigenvalue weighted by Crippen LogP contribution is 2.26. The minimum Gasteiger partial charge on any atom is -0.382 e. The van der Waals surface area contributed by atoms with Crippen LogP contribution in [0.5, 0.6) is 0 Å². The van der Waals surface area contributed by atoms with E-state index in [1.54, 1.807) is 16.7 Å². The second-order valence-corrected chi connectivity index (χ2v) is 16.7. The van der Waals surface area contributed by atoms with Gasteiger partial charge in [-0.3, -0.25) is 19.2 Å². The van der Waals surface area contributed by atoms with Crippen LogP contribution in [0.3, 0.4) is 0 Å². The quantitative estimate of drug-likeness (QED) is 0.0631. The Hall–Kier alpha value is -5.35. The molecule has 424 valence electrons. The zero-order chi connectivity index (χ0) is 54.1. The fraction of sp³-hybridized carbons (Fsp3) is 0.635. The number of hydroxylamine groups is 2. The lowest BCUT2D eigenvalue weighted by Crippen LogP contribution is -2.32. The number of aromatic nitrogens is 3. The maximum atomic E-state index is 12.8. The molecule has 0 spiro atoms. The van der Waals surface area contributed by atoms with Crippen LogP contribution < -0.4 is 10.2 Å². The van der Waals surface area contributed by atoms with Gasteiger partial charge >= 0.3 is 5.97 Å². The van der Waals surface area contributed by atoms with Crippen molar-refractivity contribution in [1.29, 1.82) is 0 Å². The lowest BCUT2D eigenvalue weighted by molar-refractivity contribution is -0.198. The van der Waals surface area contributed by atoms with E-state index in [-0.39, 0.29) is 44.1 Å². The van der Waals surface area contributed by atoms with Crippen molar-refractivity contribution in [2.45, 2.75) is 45.6 Å². The number of rotatable bonds is 43. The smallest absolute Gasteiger partial charge is 0.335 e. The van der Waals surface area contributed by atoms with E-state index in [9.17, 15) is 24.0 Å². The Labute approximate surface area is 445 Å². The highest BCUT2D eigenvalue weighted by atomic mass is 16.7. The molecule has 2 aromatic carbocycles. The number of para-hydroxylation sites is 1. The van der Waals surface area contributed by atoms with Gasteiger partial charge in [0, 0.05) is 56.5 Å². The first-order valence-corrected chi connectivity index (χ1v) is 25.9. The molecule has 1 atom stereocenters. The van der Waals surface area contributed by atoms with Gasteiger partial charge in [0.1, 0.15) is 5.69 Å². The zero-order valence-electron chi connectivity index (χ0n) is 44.1. The van der Waals surface area contributed by atoms with Crippen LogP contribution in [-0.4, -0.2) is 215 Å². The van der Waals surface area contributed by atoms with E-state index in [1.807, 2.05) is 60.8 Å². The molecule has 0 aliphatic carbocycles. The Bertz CT molecular complexity index is 2020. The fourth-order valence-corrected chi connectivity index (χ4v) is 6.84. The minimum atomic E-state index is -0.695. The molecule has 0 radical (unpaired) electrons. The van der Waals surface area contributed by atoms with E-state index in [4.69, 9.17) is 61.7 Å². The van der Waals surface area contributed by atoms with Gasteiger partial charge in [-0.15, -0.1) is 10.2 Å². The number of methoxy groups -OCH3 is 1. The van der Waals surface area contributed by atoms with E-state index >= 15 is 0 Å². The second kappa shape index (κ2) is 40.8.